The first-order chi connectivity index (χ1) is 10.7. The lowest BCUT2D eigenvalue weighted by atomic mass is 10.0. The third-order valence-corrected chi connectivity index (χ3v) is 4.32. The summed E-state index contributed by atoms with van der Waals surface area (Å²) in [6.07, 6.45) is 17.6. The van der Waals surface area contributed by atoms with E-state index in [-0.39, 0.29) is 6.10 Å². The molecular weight excluding hydrogens is 276 g/mol. The zero-order chi connectivity index (χ0) is 16.5. The molecule has 0 spiro atoms. The summed E-state index contributed by atoms with van der Waals surface area (Å²) in [6.45, 7) is 2.25. The highest BCUT2D eigenvalue weighted by Crippen LogP contribution is 2.14. The second-order valence-electron chi connectivity index (χ2n) is 6.62. The van der Waals surface area contributed by atoms with Crippen molar-refractivity contribution in [2.45, 2.75) is 116 Å². The van der Waals surface area contributed by atoms with Crippen LogP contribution >= 0.6 is 0 Å². The van der Waals surface area contributed by atoms with Crippen LogP contribution in [-0.4, -0.2) is 22.3 Å². The average Bonchev–Trinajstić information content (AvgIpc) is 2.48. The fourth-order valence-electron chi connectivity index (χ4n) is 2.84. The fourth-order valence-corrected chi connectivity index (χ4v) is 2.84. The van der Waals surface area contributed by atoms with Gasteiger partial charge in [0.25, 0.3) is 0 Å². The Bertz CT molecular complexity index is 241. The van der Waals surface area contributed by atoms with Gasteiger partial charge in [0.1, 0.15) is 0 Å². The quantitative estimate of drug-likeness (QED) is 0.339. The largest absolute Gasteiger partial charge is 0.481 e. The van der Waals surface area contributed by atoms with E-state index in [1.54, 1.807) is 0 Å². The molecule has 0 heterocycles. The summed E-state index contributed by atoms with van der Waals surface area (Å²) in [5, 5.41) is 18.4. The van der Waals surface area contributed by atoms with Crippen LogP contribution in [0.2, 0.25) is 0 Å². The summed E-state index contributed by atoms with van der Waals surface area (Å²) in [6, 6.07) is 0. The third-order valence-electron chi connectivity index (χ3n) is 4.32. The number of hydrogen-bond acceptors (Lipinski definition) is 2. The molecule has 132 valence electrons. The Hall–Kier alpha value is -0.570. The molecule has 0 radical (unpaired) electrons. The second-order valence-corrected chi connectivity index (χ2v) is 6.62. The highest BCUT2D eigenvalue weighted by atomic mass is 16.4. The van der Waals surface area contributed by atoms with Gasteiger partial charge in [-0.25, -0.2) is 0 Å². The summed E-state index contributed by atoms with van der Waals surface area (Å²) in [5.41, 5.74) is 0. The van der Waals surface area contributed by atoms with E-state index in [0.717, 1.165) is 51.4 Å². The van der Waals surface area contributed by atoms with Gasteiger partial charge in [-0.2, -0.15) is 0 Å². The molecule has 0 saturated heterocycles. The van der Waals surface area contributed by atoms with Crippen molar-refractivity contribution in [1.82, 2.24) is 0 Å². The molecule has 0 aromatic rings. The molecule has 2 N–H and O–H groups in total. The number of rotatable bonds is 17. The van der Waals surface area contributed by atoms with Crippen LogP contribution in [0.5, 0.6) is 0 Å². The topological polar surface area (TPSA) is 57.5 Å². The van der Waals surface area contributed by atoms with Crippen LogP contribution in [0.25, 0.3) is 0 Å². The monoisotopic (exact) mass is 314 g/mol. The number of aliphatic carboxylic acids is 1. The van der Waals surface area contributed by atoms with Gasteiger partial charge in [0, 0.05) is 6.42 Å². The summed E-state index contributed by atoms with van der Waals surface area (Å²) >= 11 is 0. The summed E-state index contributed by atoms with van der Waals surface area (Å²) in [4.78, 5) is 10.4. The first-order valence-electron chi connectivity index (χ1n) is 9.56. The summed E-state index contributed by atoms with van der Waals surface area (Å²) in [7, 11) is 0. The molecular formula is C19H38O3. The van der Waals surface area contributed by atoms with Crippen molar-refractivity contribution in [2.75, 3.05) is 0 Å². The van der Waals surface area contributed by atoms with Crippen molar-refractivity contribution >= 4 is 5.97 Å². The standard InChI is InChI=1S/C19H38O3/c1-2-3-4-5-6-7-9-12-15-18(20)16-13-10-8-11-14-17-19(21)22/h18,20H,2-17H2,1H3,(H,21,22). The minimum atomic E-state index is -0.694. The van der Waals surface area contributed by atoms with Gasteiger partial charge in [-0.1, -0.05) is 84.0 Å². The van der Waals surface area contributed by atoms with Crippen LogP contribution in [0.3, 0.4) is 0 Å². The third kappa shape index (κ3) is 17.5. The lowest BCUT2D eigenvalue weighted by molar-refractivity contribution is -0.137. The van der Waals surface area contributed by atoms with Gasteiger partial charge in [0.05, 0.1) is 6.10 Å². The zero-order valence-electron chi connectivity index (χ0n) is 14.7. The Morgan fingerprint density at radius 2 is 1.14 bits per heavy atom. The summed E-state index contributed by atoms with van der Waals surface area (Å²) in [5.74, 6) is -0.694. The second kappa shape index (κ2) is 16.8. The maximum absolute atomic E-state index is 10.4. The SMILES string of the molecule is CCCCCCCCCCC(O)CCCCCCCC(=O)O. The van der Waals surface area contributed by atoms with Crippen molar-refractivity contribution in [3.8, 4) is 0 Å². The molecule has 0 fully saturated rings. The molecule has 1 atom stereocenters. The fraction of sp³-hybridized carbons (Fsp3) is 0.947. The number of aliphatic hydroxyl groups excluding tert-OH is 1. The van der Waals surface area contributed by atoms with Gasteiger partial charge in [-0.15, -0.1) is 0 Å². The smallest absolute Gasteiger partial charge is 0.303 e. The first-order valence-corrected chi connectivity index (χ1v) is 9.56. The summed E-state index contributed by atoms with van der Waals surface area (Å²) < 4.78 is 0. The van der Waals surface area contributed by atoms with E-state index < -0.39 is 5.97 Å². The van der Waals surface area contributed by atoms with E-state index in [0.29, 0.717) is 6.42 Å². The Labute approximate surface area is 137 Å². The molecule has 1 unspecified atom stereocenters. The molecule has 0 aliphatic carbocycles. The molecule has 0 aliphatic heterocycles. The van der Waals surface area contributed by atoms with Crippen LogP contribution in [0, 0.1) is 0 Å². The minimum Gasteiger partial charge on any atom is -0.481 e. The maximum Gasteiger partial charge on any atom is 0.303 e. The van der Waals surface area contributed by atoms with Gasteiger partial charge in [0.15, 0.2) is 0 Å². The molecule has 0 amide bonds. The van der Waals surface area contributed by atoms with Crippen LogP contribution in [0.15, 0.2) is 0 Å². The molecule has 0 aromatic carbocycles. The van der Waals surface area contributed by atoms with Gasteiger partial charge in [0.2, 0.25) is 0 Å². The van der Waals surface area contributed by atoms with Crippen molar-refractivity contribution in [1.29, 1.82) is 0 Å². The van der Waals surface area contributed by atoms with E-state index in [2.05, 4.69) is 6.92 Å². The number of carboxylic acids is 1. The van der Waals surface area contributed by atoms with Gasteiger partial charge in [-0.05, 0) is 19.3 Å². The average molecular weight is 315 g/mol. The Balaban J connectivity index is 3.16. The molecule has 0 aliphatic rings. The number of hydrogen-bond donors (Lipinski definition) is 2. The highest BCUT2D eigenvalue weighted by molar-refractivity contribution is 5.66. The lowest BCUT2D eigenvalue weighted by Crippen LogP contribution is -2.05. The van der Waals surface area contributed by atoms with Crippen LogP contribution < -0.4 is 0 Å². The van der Waals surface area contributed by atoms with Crippen molar-refractivity contribution in [3.05, 3.63) is 0 Å². The lowest BCUT2D eigenvalue weighted by Gasteiger charge is -2.10. The molecule has 0 aromatic heterocycles. The maximum atomic E-state index is 10.4. The Morgan fingerprint density at radius 3 is 1.59 bits per heavy atom. The number of carboxylic acid groups (broad SMARTS) is 1. The van der Waals surface area contributed by atoms with E-state index in [1.165, 1.54) is 44.9 Å². The highest BCUT2D eigenvalue weighted by Gasteiger charge is 2.04. The van der Waals surface area contributed by atoms with Crippen molar-refractivity contribution in [3.63, 3.8) is 0 Å². The zero-order valence-corrected chi connectivity index (χ0v) is 14.7. The van der Waals surface area contributed by atoms with Crippen LogP contribution in [0.1, 0.15) is 110 Å². The molecule has 22 heavy (non-hydrogen) atoms. The van der Waals surface area contributed by atoms with Gasteiger partial charge in [-0.3, -0.25) is 4.79 Å². The van der Waals surface area contributed by atoms with Crippen molar-refractivity contribution in [2.24, 2.45) is 0 Å². The predicted molar refractivity (Wildman–Crippen MR) is 93.2 cm³/mol. The Morgan fingerprint density at radius 1 is 0.727 bits per heavy atom. The van der Waals surface area contributed by atoms with Crippen LogP contribution in [-0.2, 0) is 4.79 Å². The number of carbonyl (C=O) groups is 1. The van der Waals surface area contributed by atoms with Crippen LogP contribution in [0.4, 0.5) is 0 Å². The normalized spacial score (nSPS) is 12.5. The molecule has 3 nitrogen and oxygen atoms in total. The van der Waals surface area contributed by atoms with Gasteiger partial charge >= 0.3 is 5.97 Å². The molecule has 0 rings (SSSR count). The van der Waals surface area contributed by atoms with E-state index in [1.807, 2.05) is 0 Å². The van der Waals surface area contributed by atoms with E-state index >= 15 is 0 Å². The first kappa shape index (κ1) is 21.4. The minimum absolute atomic E-state index is 0.126. The van der Waals surface area contributed by atoms with Crippen molar-refractivity contribution < 1.29 is 15.0 Å². The molecule has 0 bridgehead atoms. The molecule has 3 heteroatoms. The number of aliphatic hydroxyl groups is 1. The van der Waals surface area contributed by atoms with E-state index in [4.69, 9.17) is 5.11 Å². The Kier molecular flexibility index (Phi) is 16.4. The predicted octanol–water partition coefficient (Wildman–Crippen LogP) is 5.69. The molecule has 0 saturated carbocycles. The number of unbranched alkanes of at least 4 members (excludes halogenated alkanes) is 11. The van der Waals surface area contributed by atoms with E-state index in [9.17, 15) is 9.90 Å². The van der Waals surface area contributed by atoms with Gasteiger partial charge < -0.3 is 10.2 Å².